The Morgan fingerprint density at radius 2 is 2.26 bits per heavy atom. The molecule has 0 spiro atoms. The van der Waals surface area contributed by atoms with E-state index in [0.717, 1.165) is 15.5 Å². The number of nitrogens with zero attached hydrogens (tertiary/aromatic N) is 1. The number of ether oxygens (including phenoxy) is 1. The fourth-order valence-electron chi connectivity index (χ4n) is 2.15. The minimum absolute atomic E-state index is 0.111. The normalized spacial score (nSPS) is 19.1. The first-order valence-corrected chi connectivity index (χ1v) is 8.34. The molecule has 3 nitrogen and oxygen atoms in total. The molecule has 1 unspecified atom stereocenters. The quantitative estimate of drug-likeness (QED) is 0.694. The third-order valence-corrected chi connectivity index (χ3v) is 4.71. The zero-order chi connectivity index (χ0) is 14.0. The second-order valence-electron chi connectivity index (χ2n) is 4.40. The Hall–Kier alpha value is -0.260. The van der Waals surface area contributed by atoms with Gasteiger partial charge in [0, 0.05) is 23.3 Å². The summed E-state index contributed by atoms with van der Waals surface area (Å²) in [6.07, 6.45) is 0.556. The first-order chi connectivity index (χ1) is 9.06. The number of benzene rings is 1. The summed E-state index contributed by atoms with van der Waals surface area (Å²) < 4.78 is 6.41. The van der Waals surface area contributed by atoms with E-state index in [9.17, 15) is 4.79 Å². The SMILES string of the molecule is CCOc1c(Br)cc(Cl)cc1N1CC(CBr)CC1=O. The summed E-state index contributed by atoms with van der Waals surface area (Å²) in [6.45, 7) is 3.14. The van der Waals surface area contributed by atoms with E-state index in [-0.39, 0.29) is 5.91 Å². The fraction of sp³-hybridized carbons (Fsp3) is 0.462. The van der Waals surface area contributed by atoms with Crippen LogP contribution in [0, 0.1) is 5.92 Å². The molecule has 0 aliphatic carbocycles. The van der Waals surface area contributed by atoms with Gasteiger partial charge in [-0.2, -0.15) is 0 Å². The van der Waals surface area contributed by atoms with Crippen molar-refractivity contribution in [3.8, 4) is 5.75 Å². The Morgan fingerprint density at radius 1 is 1.53 bits per heavy atom. The molecule has 1 atom stereocenters. The van der Waals surface area contributed by atoms with Crippen molar-refractivity contribution in [3.63, 3.8) is 0 Å². The number of alkyl halides is 1. The summed E-state index contributed by atoms with van der Waals surface area (Å²) in [5, 5.41) is 1.40. The molecule has 1 heterocycles. The lowest BCUT2D eigenvalue weighted by Crippen LogP contribution is -2.25. The van der Waals surface area contributed by atoms with E-state index in [1.807, 2.05) is 6.92 Å². The molecular formula is C13H14Br2ClNO2. The molecule has 1 amide bonds. The summed E-state index contributed by atoms with van der Waals surface area (Å²) in [7, 11) is 0. The van der Waals surface area contributed by atoms with Crippen LogP contribution in [0.15, 0.2) is 16.6 Å². The van der Waals surface area contributed by atoms with E-state index < -0.39 is 0 Å². The number of hydrogen-bond acceptors (Lipinski definition) is 2. The number of halogens is 3. The first kappa shape index (κ1) is 15.1. The molecule has 19 heavy (non-hydrogen) atoms. The van der Waals surface area contributed by atoms with Crippen LogP contribution < -0.4 is 9.64 Å². The molecule has 0 bridgehead atoms. The Balaban J connectivity index is 2.40. The maximum Gasteiger partial charge on any atom is 0.227 e. The Labute approximate surface area is 134 Å². The van der Waals surface area contributed by atoms with Gasteiger partial charge in [0.25, 0.3) is 0 Å². The van der Waals surface area contributed by atoms with Crippen LogP contribution in [0.4, 0.5) is 5.69 Å². The van der Waals surface area contributed by atoms with Gasteiger partial charge in [-0.25, -0.2) is 0 Å². The molecular weight excluding hydrogens is 397 g/mol. The molecule has 1 aromatic carbocycles. The molecule has 2 rings (SSSR count). The molecule has 0 aromatic heterocycles. The maximum atomic E-state index is 12.1. The van der Waals surface area contributed by atoms with Crippen molar-refractivity contribution in [3.05, 3.63) is 21.6 Å². The Kier molecular flexibility index (Phi) is 5.15. The lowest BCUT2D eigenvalue weighted by atomic mass is 10.2. The molecule has 104 valence electrons. The molecule has 0 radical (unpaired) electrons. The topological polar surface area (TPSA) is 29.5 Å². The van der Waals surface area contributed by atoms with Gasteiger partial charge in [0.1, 0.15) is 0 Å². The third kappa shape index (κ3) is 3.26. The molecule has 0 N–H and O–H groups in total. The van der Waals surface area contributed by atoms with E-state index in [2.05, 4.69) is 31.9 Å². The van der Waals surface area contributed by atoms with E-state index >= 15 is 0 Å². The smallest absolute Gasteiger partial charge is 0.227 e. The number of anilines is 1. The standard InChI is InChI=1S/C13H14Br2ClNO2/c1-2-19-13-10(15)4-9(16)5-11(13)17-7-8(6-14)3-12(17)18/h4-5,8H,2-3,6-7H2,1H3. The molecule has 1 aliphatic heterocycles. The lowest BCUT2D eigenvalue weighted by molar-refractivity contribution is -0.117. The Morgan fingerprint density at radius 3 is 2.84 bits per heavy atom. The van der Waals surface area contributed by atoms with Gasteiger partial charge < -0.3 is 9.64 Å². The highest BCUT2D eigenvalue weighted by atomic mass is 79.9. The van der Waals surface area contributed by atoms with Gasteiger partial charge in [0.2, 0.25) is 5.91 Å². The third-order valence-electron chi connectivity index (χ3n) is 2.99. The summed E-state index contributed by atoms with van der Waals surface area (Å²) in [6, 6.07) is 3.56. The molecule has 1 saturated heterocycles. The van der Waals surface area contributed by atoms with Crippen molar-refractivity contribution >= 4 is 55.1 Å². The van der Waals surface area contributed by atoms with Gasteiger partial charge in [-0.3, -0.25) is 4.79 Å². The van der Waals surface area contributed by atoms with Crippen LogP contribution in [0.3, 0.4) is 0 Å². The van der Waals surface area contributed by atoms with Gasteiger partial charge >= 0.3 is 0 Å². The zero-order valence-electron chi connectivity index (χ0n) is 10.5. The highest BCUT2D eigenvalue weighted by molar-refractivity contribution is 9.10. The van der Waals surface area contributed by atoms with Crippen LogP contribution >= 0.6 is 43.5 Å². The number of carbonyl (C=O) groups excluding carboxylic acids is 1. The average molecular weight is 412 g/mol. The molecule has 6 heteroatoms. The van der Waals surface area contributed by atoms with Crippen LogP contribution in [-0.2, 0) is 4.79 Å². The van der Waals surface area contributed by atoms with Crippen LogP contribution in [0.2, 0.25) is 5.02 Å². The van der Waals surface area contributed by atoms with Crippen molar-refractivity contribution < 1.29 is 9.53 Å². The van der Waals surface area contributed by atoms with E-state index in [1.54, 1.807) is 17.0 Å². The van der Waals surface area contributed by atoms with Crippen molar-refractivity contribution in [2.24, 2.45) is 5.92 Å². The van der Waals surface area contributed by atoms with Crippen molar-refractivity contribution in [2.45, 2.75) is 13.3 Å². The number of carbonyl (C=O) groups is 1. The van der Waals surface area contributed by atoms with Crippen molar-refractivity contribution in [1.82, 2.24) is 0 Å². The molecule has 1 aliphatic rings. The predicted molar refractivity (Wildman–Crippen MR) is 84.6 cm³/mol. The molecule has 1 fully saturated rings. The van der Waals surface area contributed by atoms with Crippen LogP contribution in [0.25, 0.3) is 0 Å². The summed E-state index contributed by atoms with van der Waals surface area (Å²) in [5.41, 5.74) is 0.745. The summed E-state index contributed by atoms with van der Waals surface area (Å²) in [5.74, 6) is 1.12. The zero-order valence-corrected chi connectivity index (χ0v) is 14.4. The van der Waals surface area contributed by atoms with Gasteiger partial charge in [-0.05, 0) is 40.9 Å². The highest BCUT2D eigenvalue weighted by Crippen LogP contribution is 2.41. The molecule has 1 aromatic rings. The van der Waals surface area contributed by atoms with Crippen LogP contribution in [0.1, 0.15) is 13.3 Å². The number of hydrogen-bond donors (Lipinski definition) is 0. The second-order valence-corrected chi connectivity index (χ2v) is 6.34. The van der Waals surface area contributed by atoms with E-state index in [1.165, 1.54) is 0 Å². The minimum atomic E-state index is 0.111. The van der Waals surface area contributed by atoms with Crippen LogP contribution in [0.5, 0.6) is 5.75 Å². The van der Waals surface area contributed by atoms with Crippen molar-refractivity contribution in [1.29, 1.82) is 0 Å². The highest BCUT2D eigenvalue weighted by Gasteiger charge is 2.32. The summed E-state index contributed by atoms with van der Waals surface area (Å²) >= 11 is 13.0. The molecule has 0 saturated carbocycles. The van der Waals surface area contributed by atoms with Crippen molar-refractivity contribution in [2.75, 3.05) is 23.4 Å². The Bertz CT molecular complexity index is 496. The van der Waals surface area contributed by atoms with E-state index in [0.29, 0.717) is 36.3 Å². The van der Waals surface area contributed by atoms with Gasteiger partial charge in [0.15, 0.2) is 5.75 Å². The number of rotatable bonds is 4. The average Bonchev–Trinajstić information content (AvgIpc) is 2.74. The maximum absolute atomic E-state index is 12.1. The largest absolute Gasteiger partial charge is 0.490 e. The minimum Gasteiger partial charge on any atom is -0.490 e. The monoisotopic (exact) mass is 409 g/mol. The van der Waals surface area contributed by atoms with Gasteiger partial charge in [0.05, 0.1) is 16.8 Å². The summed E-state index contributed by atoms with van der Waals surface area (Å²) in [4.78, 5) is 13.9. The predicted octanol–water partition coefficient (Wildman–Crippen LogP) is 4.25. The second kappa shape index (κ2) is 6.46. The van der Waals surface area contributed by atoms with Crippen LogP contribution in [-0.4, -0.2) is 24.4 Å². The first-order valence-electron chi connectivity index (χ1n) is 6.05. The van der Waals surface area contributed by atoms with Gasteiger partial charge in [-0.15, -0.1) is 0 Å². The lowest BCUT2D eigenvalue weighted by Gasteiger charge is -2.21. The fourth-order valence-corrected chi connectivity index (χ4v) is 3.49. The van der Waals surface area contributed by atoms with Gasteiger partial charge in [-0.1, -0.05) is 27.5 Å². The van der Waals surface area contributed by atoms with E-state index in [4.69, 9.17) is 16.3 Å². The number of amides is 1.